The van der Waals surface area contributed by atoms with Gasteiger partial charge in [-0.3, -0.25) is 0 Å². The van der Waals surface area contributed by atoms with E-state index in [0.717, 1.165) is 17.9 Å². The fourth-order valence-electron chi connectivity index (χ4n) is 2.61. The van der Waals surface area contributed by atoms with Gasteiger partial charge in [-0.25, -0.2) is 18.4 Å². The second-order valence-corrected chi connectivity index (χ2v) is 7.97. The van der Waals surface area contributed by atoms with Crippen LogP contribution in [0.3, 0.4) is 0 Å². The molecule has 0 aliphatic heterocycles. The van der Waals surface area contributed by atoms with Crippen molar-refractivity contribution in [2.45, 2.75) is 17.9 Å². The molecule has 2 aromatic heterocycles. The maximum absolute atomic E-state index is 13.2. The van der Waals surface area contributed by atoms with E-state index in [-0.39, 0.29) is 5.69 Å². The number of hydrogen-bond acceptors (Lipinski definition) is 4. The number of aromatic nitrogens is 3. The van der Waals surface area contributed by atoms with Gasteiger partial charge in [-0.15, -0.1) is 6.42 Å². The number of rotatable bonds is 4. The van der Waals surface area contributed by atoms with Gasteiger partial charge >= 0.3 is 6.18 Å². The van der Waals surface area contributed by atoms with Crippen molar-refractivity contribution in [3.05, 3.63) is 65.5 Å². The van der Waals surface area contributed by atoms with E-state index in [4.69, 9.17) is 6.42 Å². The van der Waals surface area contributed by atoms with Crippen LogP contribution in [0.25, 0.3) is 11.4 Å². The van der Waals surface area contributed by atoms with Gasteiger partial charge < -0.3 is 4.57 Å². The molecule has 2 heterocycles. The Balaban J connectivity index is 2.10. The summed E-state index contributed by atoms with van der Waals surface area (Å²) >= 11 is 0. The van der Waals surface area contributed by atoms with E-state index in [9.17, 15) is 21.6 Å². The maximum Gasteiger partial charge on any atom is 0.433 e. The number of hydrogen-bond donors (Lipinski definition) is 0. The fraction of sp³-hybridized carbons (Fsp3) is 0.158. The summed E-state index contributed by atoms with van der Waals surface area (Å²) in [6, 6.07) is 11.1. The van der Waals surface area contributed by atoms with Gasteiger partial charge in [0.1, 0.15) is 5.69 Å². The van der Waals surface area contributed by atoms with E-state index in [2.05, 4.69) is 15.9 Å². The first kappa shape index (κ1) is 19.6. The lowest BCUT2D eigenvalue weighted by Crippen LogP contribution is -2.14. The monoisotopic (exact) mass is 405 g/mol. The summed E-state index contributed by atoms with van der Waals surface area (Å²) in [6.45, 7) is 0.317. The van der Waals surface area contributed by atoms with Gasteiger partial charge in [-0.05, 0) is 35.9 Å². The smallest absolute Gasteiger partial charge is 0.342 e. The molecule has 28 heavy (non-hydrogen) atoms. The SMILES string of the molecule is C#Cc1cccc(Cn2cccc2-c2cc(C(F)(F)F)nc(S(C)(=O)=O)n2)c1. The van der Waals surface area contributed by atoms with Gasteiger partial charge in [0.05, 0.1) is 11.4 Å². The molecule has 0 saturated carbocycles. The molecular formula is C19H14F3N3O2S. The van der Waals surface area contributed by atoms with Crippen LogP contribution in [0.4, 0.5) is 13.2 Å². The van der Waals surface area contributed by atoms with Crippen molar-refractivity contribution in [1.82, 2.24) is 14.5 Å². The van der Waals surface area contributed by atoms with Crippen LogP contribution in [0.15, 0.2) is 53.8 Å². The van der Waals surface area contributed by atoms with E-state index < -0.39 is 26.9 Å². The second kappa shape index (κ2) is 7.13. The van der Waals surface area contributed by atoms with Crippen LogP contribution in [-0.4, -0.2) is 29.2 Å². The zero-order valence-corrected chi connectivity index (χ0v) is 15.4. The number of alkyl halides is 3. The highest BCUT2D eigenvalue weighted by Crippen LogP contribution is 2.31. The molecule has 0 saturated heterocycles. The lowest BCUT2D eigenvalue weighted by molar-refractivity contribution is -0.141. The second-order valence-electron chi connectivity index (χ2n) is 6.06. The number of halogens is 3. The molecule has 0 amide bonds. The van der Waals surface area contributed by atoms with Gasteiger partial charge in [0.25, 0.3) is 0 Å². The van der Waals surface area contributed by atoms with Crippen LogP contribution in [0.1, 0.15) is 16.8 Å². The highest BCUT2D eigenvalue weighted by Gasteiger charge is 2.35. The predicted molar refractivity (Wildman–Crippen MR) is 97.0 cm³/mol. The van der Waals surface area contributed by atoms with Crippen molar-refractivity contribution in [3.8, 4) is 23.7 Å². The predicted octanol–water partition coefficient (Wildman–Crippen LogP) is 3.40. The number of benzene rings is 1. The molecule has 0 bridgehead atoms. The summed E-state index contributed by atoms with van der Waals surface area (Å²) in [7, 11) is -4.03. The molecule has 144 valence electrons. The van der Waals surface area contributed by atoms with Crippen LogP contribution >= 0.6 is 0 Å². The van der Waals surface area contributed by atoms with Crippen molar-refractivity contribution >= 4 is 9.84 Å². The van der Waals surface area contributed by atoms with Crippen molar-refractivity contribution < 1.29 is 21.6 Å². The summed E-state index contributed by atoms with van der Waals surface area (Å²) in [4.78, 5) is 7.01. The van der Waals surface area contributed by atoms with Crippen LogP contribution in [0, 0.1) is 12.3 Å². The molecule has 0 spiro atoms. The van der Waals surface area contributed by atoms with Gasteiger partial charge in [0, 0.05) is 24.6 Å². The summed E-state index contributed by atoms with van der Waals surface area (Å²) < 4.78 is 64.8. The standard InChI is InChI=1S/C19H14F3N3O2S/c1-3-13-6-4-7-14(10-13)12-25-9-5-8-16(25)15-11-17(19(20,21)22)24-18(23-15)28(2,26)27/h1,4-11H,12H2,2H3. The molecule has 0 N–H and O–H groups in total. The first-order valence-corrected chi connectivity index (χ1v) is 9.84. The van der Waals surface area contributed by atoms with E-state index in [0.29, 0.717) is 17.8 Å². The highest BCUT2D eigenvalue weighted by molar-refractivity contribution is 7.90. The average molecular weight is 405 g/mol. The number of nitrogens with zero attached hydrogens (tertiary/aromatic N) is 3. The van der Waals surface area contributed by atoms with Gasteiger partial charge in [-0.1, -0.05) is 18.1 Å². The van der Waals surface area contributed by atoms with Crippen LogP contribution in [0.2, 0.25) is 0 Å². The topological polar surface area (TPSA) is 64.8 Å². The Hall–Kier alpha value is -3.12. The molecule has 0 radical (unpaired) electrons. The molecule has 0 fully saturated rings. The quantitative estimate of drug-likeness (QED) is 0.493. The Morgan fingerprint density at radius 1 is 1.14 bits per heavy atom. The summed E-state index contributed by atoms with van der Waals surface area (Å²) in [5, 5.41) is -0.876. The van der Waals surface area contributed by atoms with E-state index >= 15 is 0 Å². The maximum atomic E-state index is 13.2. The highest BCUT2D eigenvalue weighted by atomic mass is 32.2. The molecule has 3 rings (SSSR count). The van der Waals surface area contributed by atoms with Crippen molar-refractivity contribution in [2.24, 2.45) is 0 Å². The molecule has 3 aromatic rings. The molecule has 1 aromatic carbocycles. The summed E-state index contributed by atoms with van der Waals surface area (Å²) in [5.41, 5.74) is 0.373. The molecule has 5 nitrogen and oxygen atoms in total. The average Bonchev–Trinajstić information content (AvgIpc) is 3.08. The molecule has 0 atom stereocenters. The minimum Gasteiger partial charge on any atom is -0.342 e. The zero-order valence-electron chi connectivity index (χ0n) is 14.6. The summed E-state index contributed by atoms with van der Waals surface area (Å²) in [6.07, 6.45) is 3.00. The Kier molecular flexibility index (Phi) is 5.00. The fourth-order valence-corrected chi connectivity index (χ4v) is 3.14. The minimum absolute atomic E-state index is 0.138. The van der Waals surface area contributed by atoms with E-state index in [1.165, 1.54) is 0 Å². The largest absolute Gasteiger partial charge is 0.433 e. The Bertz CT molecular complexity index is 1180. The van der Waals surface area contributed by atoms with Gasteiger partial charge in [0.15, 0.2) is 0 Å². The lowest BCUT2D eigenvalue weighted by Gasteiger charge is -2.12. The molecule has 0 unspecified atom stereocenters. The lowest BCUT2D eigenvalue weighted by atomic mass is 10.1. The van der Waals surface area contributed by atoms with Gasteiger partial charge in [-0.2, -0.15) is 13.2 Å². The number of terminal acetylenes is 1. The third kappa shape index (κ3) is 4.23. The number of sulfone groups is 1. The van der Waals surface area contributed by atoms with Crippen LogP contribution < -0.4 is 0 Å². The molecule has 0 aliphatic carbocycles. The minimum atomic E-state index is -4.81. The normalized spacial score (nSPS) is 12.0. The van der Waals surface area contributed by atoms with Crippen LogP contribution in [-0.2, 0) is 22.6 Å². The van der Waals surface area contributed by atoms with E-state index in [1.54, 1.807) is 41.1 Å². The Morgan fingerprint density at radius 2 is 1.89 bits per heavy atom. The first-order chi connectivity index (χ1) is 13.1. The zero-order chi connectivity index (χ0) is 20.5. The third-order valence-electron chi connectivity index (χ3n) is 3.87. The molecular weight excluding hydrogens is 391 g/mol. The Morgan fingerprint density at radius 3 is 2.54 bits per heavy atom. The van der Waals surface area contributed by atoms with Crippen LogP contribution in [0.5, 0.6) is 0 Å². The van der Waals surface area contributed by atoms with Crippen molar-refractivity contribution in [1.29, 1.82) is 0 Å². The third-order valence-corrected chi connectivity index (χ3v) is 4.71. The first-order valence-electron chi connectivity index (χ1n) is 7.95. The Labute approximate surface area is 159 Å². The molecule has 0 aliphatic rings. The summed E-state index contributed by atoms with van der Waals surface area (Å²) in [5.74, 6) is 2.52. The van der Waals surface area contributed by atoms with Crippen molar-refractivity contribution in [3.63, 3.8) is 0 Å². The van der Waals surface area contributed by atoms with E-state index in [1.807, 2.05) is 6.07 Å². The molecule has 9 heteroatoms. The van der Waals surface area contributed by atoms with Gasteiger partial charge in [0.2, 0.25) is 15.0 Å². The van der Waals surface area contributed by atoms with Crippen molar-refractivity contribution in [2.75, 3.05) is 6.26 Å².